The maximum Gasteiger partial charge on any atom is 0.137 e. The van der Waals surface area contributed by atoms with Crippen molar-refractivity contribution in [3.63, 3.8) is 0 Å². The lowest BCUT2D eigenvalue weighted by atomic mass is 9.99. The maximum atomic E-state index is 6.36. The van der Waals surface area contributed by atoms with Gasteiger partial charge in [-0.3, -0.25) is 0 Å². The van der Waals surface area contributed by atoms with E-state index in [2.05, 4.69) is 180 Å². The summed E-state index contributed by atoms with van der Waals surface area (Å²) in [5.74, 6) is 0. The molecule has 0 atom stereocenters. The quantitative estimate of drug-likeness (QED) is 0.184. The molecule has 0 spiro atoms. The molecule has 11 rings (SSSR count). The van der Waals surface area contributed by atoms with E-state index in [9.17, 15) is 0 Å². The van der Waals surface area contributed by atoms with Crippen LogP contribution in [0.25, 0.3) is 99.2 Å². The molecule has 0 saturated heterocycles. The summed E-state index contributed by atoms with van der Waals surface area (Å²) >= 11 is 0. The Balaban J connectivity index is 1.10. The van der Waals surface area contributed by atoms with Crippen molar-refractivity contribution in [1.82, 2.24) is 9.13 Å². The van der Waals surface area contributed by atoms with Crippen LogP contribution in [-0.2, 0) is 0 Å². The lowest BCUT2D eigenvalue weighted by molar-refractivity contribution is 0.668. The van der Waals surface area contributed by atoms with Crippen LogP contribution in [-0.4, -0.2) is 9.13 Å². The highest BCUT2D eigenvalue weighted by atomic mass is 16.3. The molecule has 8 aromatic carbocycles. The molecule has 0 aliphatic carbocycles. The van der Waals surface area contributed by atoms with Crippen molar-refractivity contribution in [2.24, 2.45) is 0 Å². The second-order valence-electron chi connectivity index (χ2n) is 13.8. The Morgan fingerprint density at radius 3 is 1.73 bits per heavy atom. The molecule has 0 amide bonds. The van der Waals surface area contributed by atoms with Gasteiger partial charge in [0, 0.05) is 49.8 Å². The number of hydrogen-bond acceptors (Lipinski definition) is 1. The van der Waals surface area contributed by atoms with Crippen molar-refractivity contribution >= 4 is 65.6 Å². The first-order chi connectivity index (χ1) is 25.7. The molecular weight excluding hydrogens is 633 g/mol. The summed E-state index contributed by atoms with van der Waals surface area (Å²) < 4.78 is 11.2. The van der Waals surface area contributed by atoms with Crippen LogP contribution < -0.4 is 0 Å². The summed E-state index contributed by atoms with van der Waals surface area (Å²) in [6, 6.07) is 63.7. The van der Waals surface area contributed by atoms with Crippen molar-refractivity contribution in [1.29, 1.82) is 0 Å². The van der Waals surface area contributed by atoms with Gasteiger partial charge in [0.1, 0.15) is 11.2 Å². The fourth-order valence-corrected chi connectivity index (χ4v) is 8.39. The van der Waals surface area contributed by atoms with Crippen LogP contribution in [0.5, 0.6) is 0 Å². The molecule has 0 aliphatic rings. The lowest BCUT2D eigenvalue weighted by Gasteiger charge is -2.11. The number of nitrogens with zero attached hydrogens (tertiary/aromatic N) is 2. The number of aromatic nitrogens is 2. The molecule has 0 radical (unpaired) electrons. The molecule has 3 nitrogen and oxygen atoms in total. The monoisotopic (exact) mass is 664 g/mol. The van der Waals surface area contributed by atoms with Crippen LogP contribution in [0.15, 0.2) is 180 Å². The van der Waals surface area contributed by atoms with Gasteiger partial charge in [-0.2, -0.15) is 0 Å². The van der Waals surface area contributed by atoms with Crippen LogP contribution in [0, 0.1) is 6.92 Å². The molecule has 0 bridgehead atoms. The number of benzene rings is 8. The summed E-state index contributed by atoms with van der Waals surface area (Å²) in [5.41, 5.74) is 14.9. The van der Waals surface area contributed by atoms with E-state index in [1.807, 2.05) is 12.1 Å². The van der Waals surface area contributed by atoms with Gasteiger partial charge in [0.2, 0.25) is 0 Å². The average Bonchev–Trinajstić information content (AvgIpc) is 3.85. The van der Waals surface area contributed by atoms with Crippen LogP contribution in [0.1, 0.15) is 5.56 Å². The number of para-hydroxylation sites is 3. The number of aryl methyl sites for hydroxylation is 1. The van der Waals surface area contributed by atoms with Crippen molar-refractivity contribution in [3.05, 3.63) is 181 Å². The number of fused-ring (bicyclic) bond motifs is 10. The third-order valence-corrected chi connectivity index (χ3v) is 10.8. The summed E-state index contributed by atoms with van der Waals surface area (Å²) in [6.45, 7) is 2.14. The van der Waals surface area contributed by atoms with Crippen LogP contribution in [0.4, 0.5) is 0 Å². The van der Waals surface area contributed by atoms with Crippen molar-refractivity contribution in [2.75, 3.05) is 0 Å². The standard InChI is InChI=1S/C49H32N2O/c1-31-9-8-10-35(29-31)34-19-17-32(18-20-34)33-21-23-36(24-22-33)51-43-14-5-2-11-38(43)41-27-28-45-48(49(41)51)42-13-3-6-15-44(42)50(45)37-25-26-40-39-12-4-7-16-46(39)52-47(40)30-37/h2-30H,1H3. The van der Waals surface area contributed by atoms with Gasteiger partial charge in [-0.05, 0) is 77.7 Å². The highest BCUT2D eigenvalue weighted by Gasteiger charge is 2.21. The van der Waals surface area contributed by atoms with E-state index in [0.29, 0.717) is 0 Å². The molecular formula is C49H32N2O. The Labute approximate surface area is 300 Å². The first kappa shape index (κ1) is 28.9. The number of hydrogen-bond donors (Lipinski definition) is 0. The largest absolute Gasteiger partial charge is 0.456 e. The third kappa shape index (κ3) is 4.26. The minimum atomic E-state index is 0.893. The maximum absolute atomic E-state index is 6.36. The van der Waals surface area contributed by atoms with Crippen molar-refractivity contribution in [3.8, 4) is 33.6 Å². The fraction of sp³-hybridized carbons (Fsp3) is 0.0204. The van der Waals surface area contributed by atoms with E-state index < -0.39 is 0 Å². The van der Waals surface area contributed by atoms with Gasteiger partial charge in [-0.25, -0.2) is 0 Å². The summed E-state index contributed by atoms with van der Waals surface area (Å²) in [5, 5.41) is 7.23. The van der Waals surface area contributed by atoms with E-state index in [-0.39, 0.29) is 0 Å². The summed E-state index contributed by atoms with van der Waals surface area (Å²) in [6.07, 6.45) is 0. The van der Waals surface area contributed by atoms with E-state index >= 15 is 0 Å². The Morgan fingerprint density at radius 2 is 0.962 bits per heavy atom. The first-order valence-corrected chi connectivity index (χ1v) is 17.8. The Kier molecular flexibility index (Phi) is 6.17. The van der Waals surface area contributed by atoms with E-state index in [4.69, 9.17) is 4.42 Å². The van der Waals surface area contributed by atoms with Gasteiger partial charge in [0.15, 0.2) is 0 Å². The smallest absolute Gasteiger partial charge is 0.137 e. The van der Waals surface area contributed by atoms with Crippen LogP contribution >= 0.6 is 0 Å². The van der Waals surface area contributed by atoms with E-state index in [0.717, 1.165) is 33.3 Å². The highest BCUT2D eigenvalue weighted by Crippen LogP contribution is 2.43. The molecule has 0 N–H and O–H groups in total. The predicted octanol–water partition coefficient (Wildman–Crippen LogP) is 13.4. The number of rotatable bonds is 4. The second kappa shape index (κ2) is 11.1. The molecule has 11 aromatic rings. The molecule has 3 aromatic heterocycles. The molecule has 0 aliphatic heterocycles. The van der Waals surface area contributed by atoms with Gasteiger partial charge in [-0.1, -0.05) is 127 Å². The Morgan fingerprint density at radius 1 is 0.365 bits per heavy atom. The zero-order valence-electron chi connectivity index (χ0n) is 28.5. The second-order valence-corrected chi connectivity index (χ2v) is 13.8. The summed E-state index contributed by atoms with van der Waals surface area (Å²) in [7, 11) is 0. The predicted molar refractivity (Wildman–Crippen MR) is 218 cm³/mol. The zero-order chi connectivity index (χ0) is 34.3. The van der Waals surface area contributed by atoms with E-state index in [1.54, 1.807) is 0 Å². The van der Waals surface area contributed by atoms with Crippen molar-refractivity contribution in [2.45, 2.75) is 6.92 Å². The molecule has 52 heavy (non-hydrogen) atoms. The molecule has 0 saturated carbocycles. The van der Waals surface area contributed by atoms with Gasteiger partial charge in [-0.15, -0.1) is 0 Å². The molecule has 0 unspecified atom stereocenters. The lowest BCUT2D eigenvalue weighted by Crippen LogP contribution is -1.95. The Hall–Kier alpha value is -6.84. The minimum Gasteiger partial charge on any atom is -0.456 e. The van der Waals surface area contributed by atoms with Gasteiger partial charge >= 0.3 is 0 Å². The molecule has 3 heterocycles. The SMILES string of the molecule is Cc1cccc(-c2ccc(-c3ccc(-n4c5ccccc5c5ccc6c(c7ccccc7n6-c6ccc7c(c6)oc6ccccc67)c54)cc3)cc2)c1. The average molecular weight is 665 g/mol. The van der Waals surface area contributed by atoms with Gasteiger partial charge in [0.25, 0.3) is 0 Å². The van der Waals surface area contributed by atoms with Gasteiger partial charge < -0.3 is 13.6 Å². The molecule has 3 heteroatoms. The van der Waals surface area contributed by atoms with Crippen LogP contribution in [0.3, 0.4) is 0 Å². The van der Waals surface area contributed by atoms with Crippen molar-refractivity contribution < 1.29 is 4.42 Å². The topological polar surface area (TPSA) is 23.0 Å². The third-order valence-electron chi connectivity index (χ3n) is 10.8. The number of furan rings is 1. The molecule has 0 fully saturated rings. The zero-order valence-corrected chi connectivity index (χ0v) is 28.5. The van der Waals surface area contributed by atoms with Crippen LogP contribution in [0.2, 0.25) is 0 Å². The Bertz CT molecular complexity index is 3170. The fourth-order valence-electron chi connectivity index (χ4n) is 8.39. The normalized spacial score (nSPS) is 11.9. The van der Waals surface area contributed by atoms with Gasteiger partial charge in [0.05, 0.1) is 22.1 Å². The first-order valence-electron chi connectivity index (χ1n) is 17.8. The van der Waals surface area contributed by atoms with E-state index in [1.165, 1.54) is 71.4 Å². The molecule has 244 valence electrons. The highest BCUT2D eigenvalue weighted by molar-refractivity contribution is 6.26. The minimum absolute atomic E-state index is 0.893. The summed E-state index contributed by atoms with van der Waals surface area (Å²) in [4.78, 5) is 0.